The molecule has 0 aliphatic heterocycles. The quantitative estimate of drug-likeness (QED) is 0.104. The van der Waals surface area contributed by atoms with Crippen molar-refractivity contribution >= 4 is 23.7 Å². The number of aliphatic hydroxyl groups is 1. The predicted octanol–water partition coefficient (Wildman–Crippen LogP) is -0.929. The minimum atomic E-state index is -1.54. The molecule has 0 aliphatic carbocycles. The van der Waals surface area contributed by atoms with E-state index in [0.29, 0.717) is 6.42 Å². The van der Waals surface area contributed by atoms with Crippen LogP contribution in [0.1, 0.15) is 38.7 Å². The first-order valence-corrected chi connectivity index (χ1v) is 10.9. The molecule has 1 aromatic carbocycles. The van der Waals surface area contributed by atoms with E-state index in [4.69, 9.17) is 17.2 Å². The number of carboxylic acid groups (broad SMARTS) is 1. The van der Waals surface area contributed by atoms with Gasteiger partial charge in [-0.25, -0.2) is 4.79 Å². The minimum Gasteiger partial charge on any atom is -0.480 e. The van der Waals surface area contributed by atoms with E-state index in [1.54, 1.807) is 0 Å². The number of nitrogens with one attached hydrogen (secondary N) is 2. The molecule has 0 saturated heterocycles. The molecular weight excluding hydrogens is 428 g/mol. The maximum absolute atomic E-state index is 12.8. The molecule has 0 aliphatic rings. The van der Waals surface area contributed by atoms with Crippen LogP contribution in [-0.4, -0.2) is 64.7 Å². The summed E-state index contributed by atoms with van der Waals surface area (Å²) in [5.41, 5.74) is 17.3. The highest BCUT2D eigenvalue weighted by Crippen LogP contribution is 2.09. The standard InChI is InChI=1S/C22H36N6O5/c1-13(2)11-17(19(30)27-16(21(32)33)9-6-10-26-22(24)25)28-20(31)18(29)15(23)12-14-7-4-3-5-8-14/h3-5,7-8,13,15-18,29H,6,9-12,23H2,1-2H3,(H,27,30)(H,28,31)(H,32,33)(H4,24,25,26)/t15-,16+,17+,18+/m1/s1. The van der Waals surface area contributed by atoms with Gasteiger partial charge >= 0.3 is 5.97 Å². The van der Waals surface area contributed by atoms with Crippen LogP contribution in [0.4, 0.5) is 0 Å². The van der Waals surface area contributed by atoms with Gasteiger partial charge in [-0.3, -0.25) is 14.6 Å². The molecule has 4 atom stereocenters. The van der Waals surface area contributed by atoms with Crippen LogP contribution in [0.15, 0.2) is 35.3 Å². The zero-order valence-electron chi connectivity index (χ0n) is 19.1. The molecule has 11 nitrogen and oxygen atoms in total. The van der Waals surface area contributed by atoms with Gasteiger partial charge in [-0.1, -0.05) is 44.2 Å². The van der Waals surface area contributed by atoms with E-state index in [1.165, 1.54) is 0 Å². The number of nitrogens with two attached hydrogens (primary N) is 3. The van der Waals surface area contributed by atoms with E-state index in [0.717, 1.165) is 5.56 Å². The van der Waals surface area contributed by atoms with E-state index in [-0.39, 0.29) is 37.7 Å². The largest absolute Gasteiger partial charge is 0.480 e. The topological polar surface area (TPSA) is 206 Å². The third-order valence-electron chi connectivity index (χ3n) is 4.89. The average Bonchev–Trinajstić information content (AvgIpc) is 2.74. The molecule has 184 valence electrons. The molecule has 0 heterocycles. The summed E-state index contributed by atoms with van der Waals surface area (Å²) in [6.45, 7) is 3.93. The zero-order valence-corrected chi connectivity index (χ0v) is 19.1. The van der Waals surface area contributed by atoms with Crippen molar-refractivity contribution < 1.29 is 24.6 Å². The molecule has 1 aromatic rings. The Bertz CT molecular complexity index is 798. The van der Waals surface area contributed by atoms with Crippen LogP contribution in [-0.2, 0) is 20.8 Å². The normalized spacial score (nSPS) is 14.6. The first-order valence-electron chi connectivity index (χ1n) is 10.9. The molecule has 2 amide bonds. The Balaban J connectivity index is 2.77. The summed E-state index contributed by atoms with van der Waals surface area (Å²) in [4.78, 5) is 40.7. The van der Waals surface area contributed by atoms with Crippen molar-refractivity contribution in [2.75, 3.05) is 6.54 Å². The van der Waals surface area contributed by atoms with Crippen LogP contribution in [0.3, 0.4) is 0 Å². The molecule has 0 aromatic heterocycles. The molecule has 0 saturated carbocycles. The van der Waals surface area contributed by atoms with Gasteiger partial charge in [0, 0.05) is 12.6 Å². The summed E-state index contributed by atoms with van der Waals surface area (Å²) in [7, 11) is 0. The number of amides is 2. The third kappa shape index (κ3) is 10.8. The van der Waals surface area contributed by atoms with Gasteiger partial charge in [-0.2, -0.15) is 0 Å². The number of nitrogens with zero attached hydrogens (tertiary/aromatic N) is 1. The van der Waals surface area contributed by atoms with Crippen molar-refractivity contribution in [3.05, 3.63) is 35.9 Å². The third-order valence-corrected chi connectivity index (χ3v) is 4.89. The van der Waals surface area contributed by atoms with Crippen molar-refractivity contribution in [3.8, 4) is 0 Å². The lowest BCUT2D eigenvalue weighted by atomic mass is 9.99. The second kappa shape index (κ2) is 14.1. The van der Waals surface area contributed by atoms with Crippen molar-refractivity contribution in [2.45, 2.75) is 63.8 Å². The van der Waals surface area contributed by atoms with Crippen molar-refractivity contribution in [1.82, 2.24) is 10.6 Å². The van der Waals surface area contributed by atoms with Crippen LogP contribution in [0, 0.1) is 5.92 Å². The highest BCUT2D eigenvalue weighted by Gasteiger charge is 2.30. The number of carbonyl (C=O) groups excluding carboxylic acids is 2. The van der Waals surface area contributed by atoms with Gasteiger partial charge < -0.3 is 38.0 Å². The fraction of sp³-hybridized carbons (Fsp3) is 0.545. The summed E-state index contributed by atoms with van der Waals surface area (Å²) in [5.74, 6) is -2.75. The molecule has 10 N–H and O–H groups in total. The van der Waals surface area contributed by atoms with Crippen LogP contribution in [0.5, 0.6) is 0 Å². The Kier molecular flexibility index (Phi) is 11.9. The first kappa shape index (κ1) is 27.9. The van der Waals surface area contributed by atoms with E-state index in [2.05, 4.69) is 15.6 Å². The number of carboxylic acids is 1. The zero-order chi connectivity index (χ0) is 25.0. The molecule has 11 heteroatoms. The lowest BCUT2D eigenvalue weighted by Gasteiger charge is -2.25. The van der Waals surface area contributed by atoms with Gasteiger partial charge in [0.1, 0.15) is 18.2 Å². The Labute approximate surface area is 193 Å². The molecule has 0 unspecified atom stereocenters. The number of hydrogen-bond acceptors (Lipinski definition) is 6. The highest BCUT2D eigenvalue weighted by atomic mass is 16.4. The summed E-state index contributed by atoms with van der Waals surface area (Å²) in [6, 6.07) is 6.08. The van der Waals surface area contributed by atoms with Crippen molar-refractivity contribution in [1.29, 1.82) is 0 Å². The van der Waals surface area contributed by atoms with Gasteiger partial charge in [0.25, 0.3) is 5.91 Å². The van der Waals surface area contributed by atoms with Crippen LogP contribution < -0.4 is 27.8 Å². The molecule has 33 heavy (non-hydrogen) atoms. The number of aliphatic imine (C=N–C) groups is 1. The van der Waals surface area contributed by atoms with E-state index in [9.17, 15) is 24.6 Å². The number of aliphatic carboxylic acids is 1. The summed E-state index contributed by atoms with van der Waals surface area (Å²) >= 11 is 0. The summed E-state index contributed by atoms with van der Waals surface area (Å²) < 4.78 is 0. The van der Waals surface area contributed by atoms with Crippen LogP contribution >= 0.6 is 0 Å². The number of benzene rings is 1. The number of rotatable bonds is 14. The Hall–Kier alpha value is -3.18. The molecule has 1 rings (SSSR count). The fourth-order valence-corrected chi connectivity index (χ4v) is 3.19. The monoisotopic (exact) mass is 464 g/mol. The maximum atomic E-state index is 12.8. The Morgan fingerprint density at radius 1 is 1.03 bits per heavy atom. The number of aliphatic hydroxyl groups excluding tert-OH is 1. The summed E-state index contributed by atoms with van der Waals surface area (Å²) in [6.07, 6.45) is -0.581. The molecule has 0 spiro atoms. The highest BCUT2D eigenvalue weighted by molar-refractivity contribution is 5.91. The second-order valence-corrected chi connectivity index (χ2v) is 8.34. The number of guanidine groups is 1. The number of carbonyl (C=O) groups is 3. The predicted molar refractivity (Wildman–Crippen MR) is 125 cm³/mol. The molecule has 0 fully saturated rings. The van der Waals surface area contributed by atoms with E-state index < -0.39 is 42.0 Å². The van der Waals surface area contributed by atoms with E-state index >= 15 is 0 Å². The van der Waals surface area contributed by atoms with Gasteiger partial charge in [0.2, 0.25) is 5.91 Å². The van der Waals surface area contributed by atoms with Gasteiger partial charge in [0.05, 0.1) is 0 Å². The van der Waals surface area contributed by atoms with Crippen molar-refractivity contribution in [3.63, 3.8) is 0 Å². The Morgan fingerprint density at radius 2 is 1.64 bits per heavy atom. The maximum Gasteiger partial charge on any atom is 0.326 e. The molecule has 0 bridgehead atoms. The van der Waals surface area contributed by atoms with Gasteiger partial charge in [0.15, 0.2) is 5.96 Å². The van der Waals surface area contributed by atoms with Gasteiger partial charge in [-0.05, 0) is 37.2 Å². The molecule has 0 radical (unpaired) electrons. The van der Waals surface area contributed by atoms with Crippen LogP contribution in [0.25, 0.3) is 0 Å². The Morgan fingerprint density at radius 3 is 2.18 bits per heavy atom. The van der Waals surface area contributed by atoms with Crippen LogP contribution in [0.2, 0.25) is 0 Å². The lowest BCUT2D eigenvalue weighted by Crippen LogP contribution is -2.56. The smallest absolute Gasteiger partial charge is 0.326 e. The number of hydrogen-bond donors (Lipinski definition) is 7. The van der Waals surface area contributed by atoms with Crippen molar-refractivity contribution in [2.24, 2.45) is 28.1 Å². The van der Waals surface area contributed by atoms with E-state index in [1.807, 2.05) is 44.2 Å². The van der Waals surface area contributed by atoms with Gasteiger partial charge in [-0.15, -0.1) is 0 Å². The SMILES string of the molecule is CC(C)C[C@H](NC(=O)[C@@H](O)[C@H](N)Cc1ccccc1)C(=O)N[C@@H](CCCN=C(N)N)C(=O)O. The minimum absolute atomic E-state index is 0.0151. The average molecular weight is 465 g/mol. The molecular formula is C22H36N6O5. The fourth-order valence-electron chi connectivity index (χ4n) is 3.19. The lowest BCUT2D eigenvalue weighted by molar-refractivity contribution is -0.142. The second-order valence-electron chi connectivity index (χ2n) is 8.34. The first-order chi connectivity index (χ1) is 15.5. The summed E-state index contributed by atoms with van der Waals surface area (Å²) in [5, 5.41) is 24.8.